The lowest BCUT2D eigenvalue weighted by Gasteiger charge is -2.25. The average Bonchev–Trinajstić information content (AvgIpc) is 3.32. The van der Waals surface area contributed by atoms with E-state index >= 15 is 0 Å². The minimum atomic E-state index is -1.26. The third-order valence-corrected chi connectivity index (χ3v) is 11.0. The molecule has 0 heterocycles. The quantitative estimate of drug-likeness (QED) is 0.0308. The number of nitrogen functional groups attached to an aromatic ring is 1. The summed E-state index contributed by atoms with van der Waals surface area (Å²) in [5, 5.41) is 32.3. The molecule has 70 heavy (non-hydrogen) atoms. The molecule has 16 N–H and O–H groups in total. The van der Waals surface area contributed by atoms with E-state index in [2.05, 4.69) is 47.9 Å². The SMILES string of the molecule is CC[C@H](NC(=O)[C@H](C)NC(=O)[C@H](Cc1ccccc1)NC(=O)[C@H](C)NC(=O)[C@H](C)NC(=O)[C@H](CCCCN)NC(=O)c1ccc(N)cc1)C(=O)N[C@@H](C)C(=O)N[C@@H](C)C(=O)N[C@@H](CCCCN)C(=O)O. The fraction of sp³-hybridized carbons (Fsp3) is 0.532. The normalized spacial score (nSPS) is 14.7. The maximum absolute atomic E-state index is 13.7. The van der Waals surface area contributed by atoms with Crippen LogP contribution in [0.4, 0.5) is 5.69 Å². The smallest absolute Gasteiger partial charge is 0.326 e. The Morgan fingerprint density at radius 2 is 0.829 bits per heavy atom. The van der Waals surface area contributed by atoms with Crippen molar-refractivity contribution in [3.63, 3.8) is 0 Å². The van der Waals surface area contributed by atoms with Crippen LogP contribution in [0.3, 0.4) is 0 Å². The highest BCUT2D eigenvalue weighted by atomic mass is 16.4. The molecule has 0 saturated heterocycles. The van der Waals surface area contributed by atoms with Gasteiger partial charge in [-0.2, -0.15) is 0 Å². The number of unbranched alkanes of at least 4 members (excludes halogenated alkanes) is 2. The molecular weight excluding hydrogens is 909 g/mol. The number of hydrogen-bond acceptors (Lipinski definition) is 13. The Hall–Kier alpha value is -7.14. The van der Waals surface area contributed by atoms with Crippen LogP contribution in [0.5, 0.6) is 0 Å². The molecule has 2 aromatic rings. The van der Waals surface area contributed by atoms with Gasteiger partial charge in [-0.1, -0.05) is 37.3 Å². The molecule has 0 fully saturated rings. The number of carbonyl (C=O) groups excluding carboxylic acids is 9. The highest BCUT2D eigenvalue weighted by Gasteiger charge is 2.32. The van der Waals surface area contributed by atoms with E-state index in [1.54, 1.807) is 49.4 Å². The highest BCUT2D eigenvalue weighted by molar-refractivity contribution is 6.00. The fourth-order valence-corrected chi connectivity index (χ4v) is 6.64. The zero-order valence-electron chi connectivity index (χ0n) is 40.7. The van der Waals surface area contributed by atoms with Gasteiger partial charge in [0.05, 0.1) is 0 Å². The minimum Gasteiger partial charge on any atom is -0.480 e. The number of nitrogens with two attached hydrogens (primary N) is 3. The van der Waals surface area contributed by atoms with E-state index < -0.39 is 114 Å². The number of hydrogen-bond donors (Lipinski definition) is 13. The predicted octanol–water partition coefficient (Wildman–Crippen LogP) is -1.66. The zero-order chi connectivity index (χ0) is 52.5. The molecule has 0 spiro atoms. The lowest BCUT2D eigenvalue weighted by molar-refractivity contribution is -0.142. The van der Waals surface area contributed by atoms with Gasteiger partial charge in [0.1, 0.15) is 54.4 Å². The second kappa shape index (κ2) is 30.4. The molecule has 9 amide bonds. The number of carbonyl (C=O) groups is 10. The molecule has 0 aromatic heterocycles. The van der Waals surface area contributed by atoms with Gasteiger partial charge in [-0.3, -0.25) is 43.2 Å². The van der Waals surface area contributed by atoms with Gasteiger partial charge in [-0.15, -0.1) is 0 Å². The summed E-state index contributed by atoms with van der Waals surface area (Å²) in [6, 6.07) is 4.18. The second-order valence-electron chi connectivity index (χ2n) is 17.0. The first-order chi connectivity index (χ1) is 33.1. The summed E-state index contributed by atoms with van der Waals surface area (Å²) in [4.78, 5) is 131. The molecule has 0 aliphatic rings. The summed E-state index contributed by atoms with van der Waals surface area (Å²) >= 11 is 0. The number of aliphatic carboxylic acids is 1. The van der Waals surface area contributed by atoms with Gasteiger partial charge in [0.2, 0.25) is 47.3 Å². The van der Waals surface area contributed by atoms with Crippen LogP contribution < -0.4 is 65.1 Å². The molecular formula is C47H72N12O11. The Labute approximate surface area is 408 Å². The van der Waals surface area contributed by atoms with Crippen LogP contribution in [0, 0.1) is 0 Å². The van der Waals surface area contributed by atoms with Crippen molar-refractivity contribution in [3.8, 4) is 0 Å². The number of amides is 9. The number of nitrogens with one attached hydrogen (secondary N) is 9. The Morgan fingerprint density at radius 3 is 1.26 bits per heavy atom. The van der Waals surface area contributed by atoms with Crippen LogP contribution in [0.2, 0.25) is 0 Å². The van der Waals surface area contributed by atoms with E-state index in [4.69, 9.17) is 17.2 Å². The van der Waals surface area contributed by atoms with Crippen LogP contribution in [0.1, 0.15) is 102 Å². The van der Waals surface area contributed by atoms with E-state index in [1.165, 1.54) is 46.8 Å². The Morgan fingerprint density at radius 1 is 0.457 bits per heavy atom. The van der Waals surface area contributed by atoms with Crippen molar-refractivity contribution in [2.45, 2.75) is 147 Å². The first-order valence-electron chi connectivity index (χ1n) is 23.4. The minimum absolute atomic E-state index is 0.0251. The van der Waals surface area contributed by atoms with Gasteiger partial charge in [-0.25, -0.2) is 4.79 Å². The Balaban J connectivity index is 2.05. The molecule has 23 heteroatoms. The second-order valence-corrected chi connectivity index (χ2v) is 17.0. The van der Waals surface area contributed by atoms with Crippen LogP contribution in [0.15, 0.2) is 54.6 Å². The summed E-state index contributed by atoms with van der Waals surface area (Å²) in [6.45, 7) is 9.17. The zero-order valence-corrected chi connectivity index (χ0v) is 40.7. The largest absolute Gasteiger partial charge is 0.480 e. The Kier molecular flexibility index (Phi) is 25.6. The molecule has 23 nitrogen and oxygen atoms in total. The van der Waals surface area contributed by atoms with Crippen LogP contribution >= 0.6 is 0 Å². The van der Waals surface area contributed by atoms with Gasteiger partial charge >= 0.3 is 5.97 Å². The Bertz CT molecular complexity index is 2090. The third kappa shape index (κ3) is 20.6. The maximum Gasteiger partial charge on any atom is 0.326 e. The van der Waals surface area contributed by atoms with Gasteiger partial charge < -0.3 is 70.2 Å². The molecule has 0 saturated carbocycles. The first-order valence-corrected chi connectivity index (χ1v) is 23.4. The van der Waals surface area contributed by atoms with E-state index in [1.807, 2.05) is 0 Å². The van der Waals surface area contributed by atoms with E-state index in [0.29, 0.717) is 50.0 Å². The number of benzene rings is 2. The lowest BCUT2D eigenvalue weighted by Crippen LogP contribution is -2.59. The van der Waals surface area contributed by atoms with Gasteiger partial charge in [0.25, 0.3) is 5.91 Å². The molecule has 0 radical (unpaired) electrons. The fourth-order valence-electron chi connectivity index (χ4n) is 6.64. The maximum atomic E-state index is 13.7. The summed E-state index contributed by atoms with van der Waals surface area (Å²) < 4.78 is 0. The van der Waals surface area contributed by atoms with Crippen molar-refractivity contribution in [2.75, 3.05) is 18.8 Å². The number of rotatable bonds is 30. The molecule has 0 bridgehead atoms. The number of anilines is 1. The summed E-state index contributed by atoms with van der Waals surface area (Å²) in [6.07, 6.45) is 2.55. The lowest BCUT2D eigenvalue weighted by atomic mass is 10.0. The van der Waals surface area contributed by atoms with Gasteiger partial charge in [0, 0.05) is 17.7 Å². The van der Waals surface area contributed by atoms with Crippen LogP contribution in [0.25, 0.3) is 0 Å². The first kappa shape index (κ1) is 59.0. The van der Waals surface area contributed by atoms with Gasteiger partial charge in [-0.05, 0) is 122 Å². The van der Waals surface area contributed by atoms with Crippen molar-refractivity contribution in [3.05, 3.63) is 65.7 Å². The van der Waals surface area contributed by atoms with Crippen molar-refractivity contribution in [1.82, 2.24) is 47.9 Å². The number of carboxylic acid groups (broad SMARTS) is 1. The monoisotopic (exact) mass is 981 g/mol. The predicted molar refractivity (Wildman–Crippen MR) is 260 cm³/mol. The molecule has 9 atom stereocenters. The molecule has 386 valence electrons. The van der Waals surface area contributed by atoms with E-state index in [-0.39, 0.29) is 31.2 Å². The van der Waals surface area contributed by atoms with Crippen molar-refractivity contribution < 1.29 is 53.1 Å². The van der Waals surface area contributed by atoms with Crippen molar-refractivity contribution in [2.24, 2.45) is 11.5 Å². The average molecular weight is 981 g/mol. The van der Waals surface area contributed by atoms with Crippen LogP contribution in [-0.2, 0) is 49.6 Å². The summed E-state index contributed by atoms with van der Waals surface area (Å²) in [5.41, 5.74) is 18.2. The molecule has 2 aromatic carbocycles. The van der Waals surface area contributed by atoms with E-state index in [9.17, 15) is 53.1 Å². The van der Waals surface area contributed by atoms with E-state index in [0.717, 1.165) is 0 Å². The molecule has 2 rings (SSSR count). The van der Waals surface area contributed by atoms with Gasteiger partial charge in [0.15, 0.2) is 0 Å². The third-order valence-electron chi connectivity index (χ3n) is 11.0. The highest BCUT2D eigenvalue weighted by Crippen LogP contribution is 2.09. The van der Waals surface area contributed by atoms with Crippen molar-refractivity contribution in [1.29, 1.82) is 0 Å². The topological polar surface area (TPSA) is 377 Å². The van der Waals surface area contributed by atoms with Crippen LogP contribution in [-0.4, -0.2) is 132 Å². The van der Waals surface area contributed by atoms with Crippen molar-refractivity contribution >= 4 is 64.8 Å². The number of carboxylic acids is 1. The summed E-state index contributed by atoms with van der Waals surface area (Å²) in [7, 11) is 0. The summed E-state index contributed by atoms with van der Waals surface area (Å²) in [5.74, 6) is -7.71. The standard InChI is InChI=1S/C47H72N12O11/c1-7-34(44(66)53-26(2)38(60)51-28(4)41(63)58-36(47(69)70)18-12-14-24-49)56-40(62)30(6)55-46(68)37(25-31-15-9-8-10-16-31)59-42(64)29(5)52-39(61)27(3)54-45(67)35(17-11-13-23-48)57-43(65)32-19-21-33(50)22-20-32/h8-10,15-16,19-22,26-30,34-37H,7,11-14,17-18,23-25,48-50H2,1-6H3,(H,51,60)(H,52,61)(H,53,66)(H,54,67)(H,55,68)(H,56,62)(H,57,65)(H,58,63)(H,59,64)(H,69,70)/t26-,27-,28-,29-,30-,34-,35-,36-,37-/m0/s1. The molecule has 0 aliphatic carbocycles. The molecule has 0 unspecified atom stereocenters. The molecule has 0 aliphatic heterocycles.